The molecule has 0 aliphatic carbocycles. The maximum Gasteiger partial charge on any atom is 0.163 e. The van der Waals surface area contributed by atoms with Crippen LogP contribution in [0.1, 0.15) is 5.56 Å². The summed E-state index contributed by atoms with van der Waals surface area (Å²) in [6.45, 7) is 1.23. The van der Waals surface area contributed by atoms with Crippen molar-refractivity contribution in [3.63, 3.8) is 0 Å². The van der Waals surface area contributed by atoms with Gasteiger partial charge in [-0.05, 0) is 12.1 Å². The minimum atomic E-state index is 0.359. The first-order valence-corrected chi connectivity index (χ1v) is 8.97. The predicted molar refractivity (Wildman–Crippen MR) is 106 cm³/mol. The minimum absolute atomic E-state index is 0.359. The molecule has 3 aromatic rings. The molecule has 1 heterocycles. The molecule has 0 atom stereocenters. The third-order valence-electron chi connectivity index (χ3n) is 3.92. The van der Waals surface area contributed by atoms with Gasteiger partial charge in [-0.3, -0.25) is 0 Å². The first-order chi connectivity index (χ1) is 13.3. The minimum Gasteiger partial charge on any atom is -0.488 e. The van der Waals surface area contributed by atoms with Crippen molar-refractivity contribution >= 4 is 22.5 Å². The number of hydrogen-bond donors (Lipinski definition) is 0. The van der Waals surface area contributed by atoms with E-state index in [1.165, 1.54) is 6.33 Å². The van der Waals surface area contributed by atoms with E-state index in [9.17, 15) is 0 Å². The number of nitrogens with zero attached hydrogens (tertiary/aromatic N) is 2. The zero-order valence-corrected chi connectivity index (χ0v) is 15.7. The highest BCUT2D eigenvalue weighted by Gasteiger charge is 2.15. The summed E-state index contributed by atoms with van der Waals surface area (Å²) in [5, 5.41) is 0.823. The van der Waals surface area contributed by atoms with E-state index < -0.39 is 0 Å². The maximum atomic E-state index is 5.79. The number of benzene rings is 2. The third kappa shape index (κ3) is 4.30. The lowest BCUT2D eigenvalue weighted by molar-refractivity contribution is 0.143. The van der Waals surface area contributed by atoms with Crippen LogP contribution in [0.15, 0.2) is 42.7 Å². The van der Waals surface area contributed by atoms with Gasteiger partial charge in [-0.25, -0.2) is 9.97 Å². The molecule has 0 saturated heterocycles. The van der Waals surface area contributed by atoms with Crippen LogP contribution in [0, 0.1) is 12.3 Å². The van der Waals surface area contributed by atoms with E-state index in [1.807, 2.05) is 36.4 Å². The van der Waals surface area contributed by atoms with Crippen LogP contribution in [-0.2, 0) is 4.74 Å². The highest BCUT2D eigenvalue weighted by molar-refractivity contribution is 6.18. The van der Waals surface area contributed by atoms with E-state index in [2.05, 4.69) is 15.9 Å². The number of halogens is 1. The first-order valence-electron chi connectivity index (χ1n) is 8.43. The summed E-state index contributed by atoms with van der Waals surface area (Å²) in [6, 6.07) is 11.4. The lowest BCUT2D eigenvalue weighted by Gasteiger charge is -2.14. The van der Waals surface area contributed by atoms with Gasteiger partial charge in [0.2, 0.25) is 0 Å². The monoisotopic (exact) mass is 382 g/mol. The van der Waals surface area contributed by atoms with Crippen LogP contribution in [0.25, 0.3) is 22.2 Å². The van der Waals surface area contributed by atoms with E-state index >= 15 is 0 Å². The van der Waals surface area contributed by atoms with E-state index in [-0.39, 0.29) is 0 Å². The molecule has 0 N–H and O–H groups in total. The maximum absolute atomic E-state index is 5.79. The molecule has 27 heavy (non-hydrogen) atoms. The van der Waals surface area contributed by atoms with Gasteiger partial charge in [0.05, 0.1) is 23.7 Å². The number of hydrogen-bond acceptors (Lipinski definition) is 5. The lowest BCUT2D eigenvalue weighted by atomic mass is 10.0. The average Bonchev–Trinajstić information content (AvgIpc) is 2.71. The highest BCUT2D eigenvalue weighted by Crippen LogP contribution is 2.36. The van der Waals surface area contributed by atoms with Gasteiger partial charge in [-0.1, -0.05) is 24.1 Å². The van der Waals surface area contributed by atoms with Crippen LogP contribution in [0.4, 0.5) is 0 Å². The van der Waals surface area contributed by atoms with E-state index in [1.54, 1.807) is 7.11 Å². The van der Waals surface area contributed by atoms with Crippen LogP contribution < -0.4 is 9.47 Å². The summed E-state index contributed by atoms with van der Waals surface area (Å²) in [7, 11) is 1.62. The van der Waals surface area contributed by atoms with Gasteiger partial charge >= 0.3 is 0 Å². The molecule has 0 spiro atoms. The summed E-state index contributed by atoms with van der Waals surface area (Å²) < 4.78 is 16.6. The zero-order valence-electron chi connectivity index (χ0n) is 14.9. The molecule has 0 bridgehead atoms. The van der Waals surface area contributed by atoms with Crippen LogP contribution in [0.2, 0.25) is 0 Å². The SMILES string of the molecule is C#Cc1ccccc1-c1ncnc2cc(OCCOC)c(OCCCl)cc12. The Labute approximate surface area is 163 Å². The quantitative estimate of drug-likeness (QED) is 0.336. The summed E-state index contributed by atoms with van der Waals surface area (Å²) in [6.07, 6.45) is 7.17. The van der Waals surface area contributed by atoms with Gasteiger partial charge in [0.25, 0.3) is 0 Å². The fourth-order valence-electron chi connectivity index (χ4n) is 2.70. The van der Waals surface area contributed by atoms with Crippen LogP contribution in [0.5, 0.6) is 11.5 Å². The molecular formula is C21H19ClN2O3. The molecule has 3 rings (SSSR count). The summed E-state index contributed by atoms with van der Waals surface area (Å²) >= 11 is 5.78. The first kappa shape index (κ1) is 19.0. The fourth-order valence-corrected chi connectivity index (χ4v) is 2.78. The smallest absolute Gasteiger partial charge is 0.163 e. The number of rotatable bonds is 8. The third-order valence-corrected chi connectivity index (χ3v) is 4.07. The molecule has 0 aliphatic rings. The van der Waals surface area contributed by atoms with Crippen molar-refractivity contribution in [3.8, 4) is 35.1 Å². The lowest BCUT2D eigenvalue weighted by Crippen LogP contribution is -2.07. The number of alkyl halides is 1. The van der Waals surface area contributed by atoms with Gasteiger partial charge in [0.1, 0.15) is 19.5 Å². The second-order valence-electron chi connectivity index (χ2n) is 5.61. The molecule has 0 saturated carbocycles. The second-order valence-corrected chi connectivity index (χ2v) is 5.98. The summed E-state index contributed by atoms with van der Waals surface area (Å²) in [5.74, 6) is 4.23. The van der Waals surface area contributed by atoms with E-state index in [0.29, 0.717) is 37.2 Å². The van der Waals surface area contributed by atoms with Gasteiger partial charge in [-0.15, -0.1) is 18.0 Å². The van der Waals surface area contributed by atoms with E-state index in [4.69, 9.17) is 32.2 Å². The number of fused-ring (bicyclic) bond motifs is 1. The molecular weight excluding hydrogens is 364 g/mol. The summed E-state index contributed by atoms with van der Waals surface area (Å²) in [5.41, 5.74) is 3.11. The van der Waals surface area contributed by atoms with Crippen molar-refractivity contribution < 1.29 is 14.2 Å². The molecule has 1 aromatic heterocycles. The van der Waals surface area contributed by atoms with Crippen molar-refractivity contribution in [1.29, 1.82) is 0 Å². The van der Waals surface area contributed by atoms with Crippen LogP contribution >= 0.6 is 11.6 Å². The predicted octanol–water partition coefficient (Wildman–Crippen LogP) is 3.92. The van der Waals surface area contributed by atoms with Gasteiger partial charge in [-0.2, -0.15) is 0 Å². The zero-order chi connectivity index (χ0) is 19.1. The Bertz CT molecular complexity index is 969. The summed E-state index contributed by atoms with van der Waals surface area (Å²) in [4.78, 5) is 8.84. The molecule has 138 valence electrons. The van der Waals surface area contributed by atoms with Crippen molar-refractivity contribution in [3.05, 3.63) is 48.3 Å². The molecule has 0 unspecified atom stereocenters. The van der Waals surface area contributed by atoms with E-state index in [0.717, 1.165) is 27.7 Å². The molecule has 5 nitrogen and oxygen atoms in total. The molecule has 0 aliphatic heterocycles. The Morgan fingerprint density at radius 2 is 1.81 bits per heavy atom. The largest absolute Gasteiger partial charge is 0.488 e. The second kappa shape index (κ2) is 9.22. The average molecular weight is 383 g/mol. The van der Waals surface area contributed by atoms with Crippen molar-refractivity contribution in [1.82, 2.24) is 9.97 Å². The van der Waals surface area contributed by atoms with Gasteiger partial charge in [0.15, 0.2) is 11.5 Å². The standard InChI is InChI=1S/C21H19ClN2O3/c1-3-15-6-4-5-7-16(15)21-17-12-19(26-9-8-22)20(27-11-10-25-2)13-18(17)23-14-24-21/h1,4-7,12-14H,8-11H2,2H3. The molecule has 6 heteroatoms. The Morgan fingerprint density at radius 3 is 2.59 bits per heavy atom. The van der Waals surface area contributed by atoms with Gasteiger partial charge in [0, 0.05) is 29.7 Å². The molecule has 2 aromatic carbocycles. The van der Waals surface area contributed by atoms with Crippen LogP contribution in [0.3, 0.4) is 0 Å². The Balaban J connectivity index is 2.13. The topological polar surface area (TPSA) is 53.5 Å². The molecule has 0 amide bonds. The van der Waals surface area contributed by atoms with Crippen molar-refractivity contribution in [2.24, 2.45) is 0 Å². The molecule has 0 fully saturated rings. The Kier molecular flexibility index (Phi) is 6.48. The van der Waals surface area contributed by atoms with Crippen molar-refractivity contribution in [2.45, 2.75) is 0 Å². The van der Waals surface area contributed by atoms with Crippen LogP contribution in [-0.4, -0.2) is 42.8 Å². The Morgan fingerprint density at radius 1 is 1.04 bits per heavy atom. The highest BCUT2D eigenvalue weighted by atomic mass is 35.5. The molecule has 0 radical (unpaired) electrons. The number of ether oxygens (including phenoxy) is 3. The fraction of sp³-hybridized carbons (Fsp3) is 0.238. The normalized spacial score (nSPS) is 10.6. The number of terminal acetylenes is 1. The number of aromatic nitrogens is 2. The number of methoxy groups -OCH3 is 1. The van der Waals surface area contributed by atoms with Gasteiger partial charge < -0.3 is 14.2 Å². The van der Waals surface area contributed by atoms with Crippen molar-refractivity contribution in [2.75, 3.05) is 32.8 Å². The Hall–Kier alpha value is -2.81.